The van der Waals surface area contributed by atoms with Crippen molar-refractivity contribution in [3.63, 3.8) is 0 Å². The second-order valence-electron chi connectivity index (χ2n) is 7.93. The summed E-state index contributed by atoms with van der Waals surface area (Å²) in [5, 5.41) is 2.95. The zero-order valence-electron chi connectivity index (χ0n) is 17.0. The lowest BCUT2D eigenvalue weighted by Gasteiger charge is -2.22. The van der Waals surface area contributed by atoms with Gasteiger partial charge in [-0.15, -0.1) is 0 Å². The smallest absolute Gasteiger partial charge is 0.273 e. The fourth-order valence-electron chi connectivity index (χ4n) is 3.44. The Hall–Kier alpha value is -2.92. The first-order chi connectivity index (χ1) is 14.1. The molecule has 0 atom stereocenters. The molecule has 5 heteroatoms. The minimum absolute atomic E-state index is 0.147. The van der Waals surface area contributed by atoms with E-state index in [-0.39, 0.29) is 5.91 Å². The van der Waals surface area contributed by atoms with Gasteiger partial charge in [-0.3, -0.25) is 9.69 Å². The van der Waals surface area contributed by atoms with E-state index in [4.69, 9.17) is 4.42 Å². The first kappa shape index (κ1) is 19.4. The lowest BCUT2D eigenvalue weighted by molar-refractivity contribution is 0.0946. The number of oxazole rings is 1. The van der Waals surface area contributed by atoms with Gasteiger partial charge >= 0.3 is 0 Å². The van der Waals surface area contributed by atoms with E-state index in [0.717, 1.165) is 25.9 Å². The zero-order chi connectivity index (χ0) is 20.2. The summed E-state index contributed by atoms with van der Waals surface area (Å²) < 4.78 is 5.63. The second-order valence-corrected chi connectivity index (χ2v) is 7.93. The maximum Gasteiger partial charge on any atom is 0.273 e. The highest BCUT2D eigenvalue weighted by Gasteiger charge is 2.25. The molecule has 1 N–H and O–H groups in total. The van der Waals surface area contributed by atoms with Crippen molar-refractivity contribution in [2.75, 3.05) is 0 Å². The molecule has 0 saturated heterocycles. The number of hydrogen-bond donors (Lipinski definition) is 1. The van der Waals surface area contributed by atoms with Crippen LogP contribution in [0.15, 0.2) is 59.2 Å². The third-order valence-corrected chi connectivity index (χ3v) is 5.20. The molecule has 2 aromatic carbocycles. The number of nitrogens with zero attached hydrogens (tertiary/aromatic N) is 2. The molecule has 29 heavy (non-hydrogen) atoms. The fraction of sp³-hybridized carbons (Fsp3) is 0.333. The van der Waals surface area contributed by atoms with Gasteiger partial charge in [0.15, 0.2) is 5.69 Å². The van der Waals surface area contributed by atoms with Gasteiger partial charge in [-0.25, -0.2) is 4.98 Å². The van der Waals surface area contributed by atoms with Crippen LogP contribution in [0.2, 0.25) is 0 Å². The average molecular weight is 389 g/mol. The predicted octanol–water partition coefficient (Wildman–Crippen LogP) is 4.39. The van der Waals surface area contributed by atoms with Gasteiger partial charge in [0.2, 0.25) is 5.89 Å². The summed E-state index contributed by atoms with van der Waals surface area (Å²) in [7, 11) is 0. The number of hydrogen-bond acceptors (Lipinski definition) is 4. The second kappa shape index (κ2) is 8.62. The Bertz CT molecular complexity index is 977. The van der Waals surface area contributed by atoms with Crippen LogP contribution >= 0.6 is 0 Å². The van der Waals surface area contributed by atoms with Crippen molar-refractivity contribution in [2.24, 2.45) is 0 Å². The first-order valence-electron chi connectivity index (χ1n) is 10.1. The van der Waals surface area contributed by atoms with Gasteiger partial charge in [0.05, 0.1) is 6.54 Å². The number of nitrogens with one attached hydrogen (secondary N) is 1. The van der Waals surface area contributed by atoms with E-state index in [1.165, 1.54) is 28.5 Å². The Kier molecular flexibility index (Phi) is 5.76. The summed E-state index contributed by atoms with van der Waals surface area (Å²) in [5.74, 6) is 0.415. The molecule has 0 radical (unpaired) electrons. The fourth-order valence-corrected chi connectivity index (χ4v) is 3.44. The summed E-state index contributed by atoms with van der Waals surface area (Å²) in [6, 6.07) is 17.2. The predicted molar refractivity (Wildman–Crippen MR) is 112 cm³/mol. The molecule has 1 aliphatic carbocycles. The van der Waals surface area contributed by atoms with E-state index >= 15 is 0 Å². The van der Waals surface area contributed by atoms with Crippen molar-refractivity contribution in [2.45, 2.75) is 52.4 Å². The van der Waals surface area contributed by atoms with Crippen molar-refractivity contribution in [1.29, 1.82) is 0 Å². The summed E-state index contributed by atoms with van der Waals surface area (Å²) in [5.41, 5.74) is 5.42. The van der Waals surface area contributed by atoms with Crippen LogP contribution in [0.5, 0.6) is 0 Å². The van der Waals surface area contributed by atoms with Crippen LogP contribution in [0.4, 0.5) is 0 Å². The molecule has 1 aliphatic rings. The average Bonchev–Trinajstić information content (AvgIpc) is 3.39. The largest absolute Gasteiger partial charge is 0.447 e. The number of rotatable bonds is 8. The number of benzene rings is 2. The van der Waals surface area contributed by atoms with Crippen LogP contribution in [0.1, 0.15) is 51.5 Å². The quantitative estimate of drug-likeness (QED) is 0.621. The monoisotopic (exact) mass is 389 g/mol. The van der Waals surface area contributed by atoms with Crippen molar-refractivity contribution in [1.82, 2.24) is 15.2 Å². The molecule has 0 bridgehead atoms. The maximum absolute atomic E-state index is 12.2. The molecule has 3 aromatic rings. The topological polar surface area (TPSA) is 58.4 Å². The summed E-state index contributed by atoms with van der Waals surface area (Å²) in [6.07, 6.45) is 3.57. The Morgan fingerprint density at radius 3 is 2.62 bits per heavy atom. The molecule has 0 aliphatic heterocycles. The van der Waals surface area contributed by atoms with Gasteiger partial charge < -0.3 is 9.73 Å². The van der Waals surface area contributed by atoms with Gasteiger partial charge in [0.1, 0.15) is 6.26 Å². The Labute approximate surface area is 171 Å². The highest BCUT2D eigenvalue weighted by atomic mass is 16.3. The van der Waals surface area contributed by atoms with Crippen LogP contribution in [-0.4, -0.2) is 21.8 Å². The minimum Gasteiger partial charge on any atom is -0.447 e. The summed E-state index contributed by atoms with van der Waals surface area (Å²) in [6.45, 7) is 6.36. The standard InChI is InChI=1S/C24H27N3O2/c1-17-8-9-20(18(2)12-17)14-27(13-19-6-4-3-5-7-19)15-23-26-22(16-29-23)24(28)25-21-10-11-21/h3-9,12,16,21H,10-11,13-15H2,1-2H3,(H,25,28). The molecule has 4 rings (SSSR count). The van der Waals surface area contributed by atoms with Crippen LogP contribution in [-0.2, 0) is 19.6 Å². The van der Waals surface area contributed by atoms with E-state index in [1.54, 1.807) is 0 Å². The highest BCUT2D eigenvalue weighted by molar-refractivity contribution is 5.92. The van der Waals surface area contributed by atoms with Gasteiger partial charge in [-0.05, 0) is 43.4 Å². The lowest BCUT2D eigenvalue weighted by Crippen LogP contribution is -2.26. The Balaban J connectivity index is 1.50. The third-order valence-electron chi connectivity index (χ3n) is 5.20. The molecular weight excluding hydrogens is 362 g/mol. The number of amides is 1. The molecule has 1 fully saturated rings. The van der Waals surface area contributed by atoms with E-state index in [2.05, 4.69) is 71.5 Å². The van der Waals surface area contributed by atoms with Gasteiger partial charge in [0.25, 0.3) is 5.91 Å². The molecule has 0 spiro atoms. The molecule has 1 heterocycles. The lowest BCUT2D eigenvalue weighted by atomic mass is 10.0. The zero-order valence-corrected chi connectivity index (χ0v) is 17.0. The van der Waals surface area contributed by atoms with Gasteiger partial charge in [-0.1, -0.05) is 54.1 Å². The number of aryl methyl sites for hydroxylation is 2. The Morgan fingerprint density at radius 2 is 1.90 bits per heavy atom. The number of carbonyl (C=O) groups excluding carboxylic acids is 1. The molecule has 1 amide bonds. The normalized spacial score (nSPS) is 13.6. The molecule has 1 aromatic heterocycles. The van der Waals surface area contributed by atoms with Crippen molar-refractivity contribution >= 4 is 5.91 Å². The van der Waals surface area contributed by atoms with Crippen molar-refractivity contribution < 1.29 is 9.21 Å². The summed E-state index contributed by atoms with van der Waals surface area (Å²) >= 11 is 0. The third kappa shape index (κ3) is 5.33. The molecule has 1 saturated carbocycles. The van der Waals surface area contributed by atoms with E-state index < -0.39 is 0 Å². The van der Waals surface area contributed by atoms with Crippen molar-refractivity contribution in [3.05, 3.63) is 88.6 Å². The minimum atomic E-state index is -0.147. The van der Waals surface area contributed by atoms with Gasteiger partial charge in [-0.2, -0.15) is 0 Å². The number of aromatic nitrogens is 1. The Morgan fingerprint density at radius 1 is 1.10 bits per heavy atom. The molecular formula is C24H27N3O2. The summed E-state index contributed by atoms with van der Waals surface area (Å²) in [4.78, 5) is 18.9. The van der Waals surface area contributed by atoms with Crippen LogP contribution < -0.4 is 5.32 Å². The molecule has 150 valence electrons. The van der Waals surface area contributed by atoms with Crippen LogP contribution in [0.25, 0.3) is 0 Å². The first-order valence-corrected chi connectivity index (χ1v) is 10.1. The van der Waals surface area contributed by atoms with E-state index in [0.29, 0.717) is 24.2 Å². The van der Waals surface area contributed by atoms with Crippen molar-refractivity contribution in [3.8, 4) is 0 Å². The maximum atomic E-state index is 12.2. The SMILES string of the molecule is Cc1ccc(CN(Cc2ccccc2)Cc2nc(C(=O)NC3CC3)co2)c(C)c1. The van der Waals surface area contributed by atoms with Crippen LogP contribution in [0, 0.1) is 13.8 Å². The van der Waals surface area contributed by atoms with E-state index in [1.807, 2.05) is 6.07 Å². The van der Waals surface area contributed by atoms with Gasteiger partial charge in [0, 0.05) is 19.1 Å². The molecule has 5 nitrogen and oxygen atoms in total. The van der Waals surface area contributed by atoms with Crippen LogP contribution in [0.3, 0.4) is 0 Å². The number of carbonyl (C=O) groups is 1. The van der Waals surface area contributed by atoms with E-state index in [9.17, 15) is 4.79 Å². The molecule has 0 unspecified atom stereocenters. The highest BCUT2D eigenvalue weighted by Crippen LogP contribution is 2.20.